The first kappa shape index (κ1) is 10.9. The molecular formula is C12H16O2. The molecule has 1 aromatic carbocycles. The zero-order valence-electron chi connectivity index (χ0n) is 8.87. The highest BCUT2D eigenvalue weighted by molar-refractivity contribution is 5.88. The number of aliphatic hydroxyl groups is 1. The zero-order chi connectivity index (χ0) is 10.8. The molecule has 0 aliphatic carbocycles. The third-order valence-corrected chi connectivity index (χ3v) is 2.17. The summed E-state index contributed by atoms with van der Waals surface area (Å²) in [6.45, 7) is 5.04. The average molecular weight is 192 g/mol. The van der Waals surface area contributed by atoms with Crippen LogP contribution in [0.25, 0.3) is 0 Å². The molecule has 0 saturated carbocycles. The monoisotopic (exact) mass is 192 g/mol. The summed E-state index contributed by atoms with van der Waals surface area (Å²) in [5.41, 5.74) is 0.886. The number of hydrogen-bond acceptors (Lipinski definition) is 2. The molecule has 0 heterocycles. The number of benzene rings is 1. The third-order valence-electron chi connectivity index (χ3n) is 2.17. The van der Waals surface area contributed by atoms with Gasteiger partial charge in [-0.25, -0.2) is 0 Å². The molecule has 0 radical (unpaired) electrons. The highest BCUT2D eigenvalue weighted by Gasteiger charge is 2.23. The van der Waals surface area contributed by atoms with E-state index in [9.17, 15) is 9.90 Å². The van der Waals surface area contributed by atoms with Gasteiger partial charge in [0.2, 0.25) is 0 Å². The molecule has 2 heteroatoms. The van der Waals surface area contributed by atoms with Crippen LogP contribution >= 0.6 is 0 Å². The number of carbonyl (C=O) groups is 1. The molecule has 1 rings (SSSR count). The molecule has 1 N–H and O–H groups in total. The normalized spacial score (nSPS) is 11.4. The molecule has 76 valence electrons. The van der Waals surface area contributed by atoms with E-state index >= 15 is 0 Å². The van der Waals surface area contributed by atoms with Crippen LogP contribution in [0.3, 0.4) is 0 Å². The summed E-state index contributed by atoms with van der Waals surface area (Å²) in [6.07, 6.45) is 0.295. The maximum Gasteiger partial charge on any atom is 0.168 e. The van der Waals surface area contributed by atoms with E-state index in [2.05, 4.69) is 0 Å². The Kier molecular flexibility index (Phi) is 3.06. The second kappa shape index (κ2) is 3.93. The summed E-state index contributed by atoms with van der Waals surface area (Å²) in [4.78, 5) is 11.5. The van der Waals surface area contributed by atoms with Crippen LogP contribution in [-0.4, -0.2) is 16.5 Å². The molecule has 0 aromatic heterocycles. The van der Waals surface area contributed by atoms with Crippen LogP contribution in [0.2, 0.25) is 0 Å². The minimum absolute atomic E-state index is 0.152. The first-order chi connectivity index (χ1) is 6.39. The highest BCUT2D eigenvalue weighted by Crippen LogP contribution is 2.10. The predicted molar refractivity (Wildman–Crippen MR) is 56.2 cm³/mol. The van der Waals surface area contributed by atoms with Crippen molar-refractivity contribution in [3.8, 4) is 0 Å². The molecular weight excluding hydrogens is 176 g/mol. The van der Waals surface area contributed by atoms with Crippen LogP contribution in [0.5, 0.6) is 0 Å². The molecule has 0 fully saturated rings. The van der Waals surface area contributed by atoms with E-state index < -0.39 is 5.60 Å². The molecule has 0 aliphatic heterocycles. The van der Waals surface area contributed by atoms with Gasteiger partial charge in [-0.05, 0) is 26.3 Å². The number of aryl methyl sites for hydroxylation is 1. The number of Topliss-reactive ketones (excluding diaryl/α,β-unsaturated/α-hetero) is 1. The van der Waals surface area contributed by atoms with Crippen molar-refractivity contribution < 1.29 is 9.90 Å². The fourth-order valence-electron chi connectivity index (χ4n) is 1.11. The van der Waals surface area contributed by atoms with Gasteiger partial charge in [0.1, 0.15) is 5.60 Å². The van der Waals surface area contributed by atoms with E-state index in [0.717, 1.165) is 5.56 Å². The second-order valence-corrected chi connectivity index (χ2v) is 4.14. The topological polar surface area (TPSA) is 37.3 Å². The lowest BCUT2D eigenvalue weighted by molar-refractivity contribution is -0.133. The first-order valence-corrected chi connectivity index (χ1v) is 4.71. The van der Waals surface area contributed by atoms with Gasteiger partial charge in [-0.3, -0.25) is 4.79 Å². The second-order valence-electron chi connectivity index (χ2n) is 4.14. The highest BCUT2D eigenvalue weighted by atomic mass is 16.3. The van der Waals surface area contributed by atoms with Crippen molar-refractivity contribution >= 4 is 5.78 Å². The molecule has 2 nitrogen and oxygen atoms in total. The van der Waals surface area contributed by atoms with Gasteiger partial charge in [0.25, 0.3) is 0 Å². The Labute approximate surface area is 84.6 Å². The molecule has 14 heavy (non-hydrogen) atoms. The number of rotatable bonds is 3. The Balaban J connectivity index is 2.71. The van der Waals surface area contributed by atoms with Crippen LogP contribution in [-0.2, 0) is 11.2 Å². The van der Waals surface area contributed by atoms with E-state index in [4.69, 9.17) is 0 Å². The van der Waals surface area contributed by atoms with E-state index in [1.807, 2.05) is 31.2 Å². The van der Waals surface area contributed by atoms with Crippen molar-refractivity contribution in [2.75, 3.05) is 0 Å². The lowest BCUT2D eigenvalue weighted by atomic mass is 9.97. The summed E-state index contributed by atoms with van der Waals surface area (Å²) in [6, 6.07) is 7.76. The molecule has 0 atom stereocenters. The summed E-state index contributed by atoms with van der Waals surface area (Å²) < 4.78 is 0. The number of hydrogen-bond donors (Lipinski definition) is 1. The molecule has 0 aliphatic rings. The minimum Gasteiger partial charge on any atom is -0.383 e. The summed E-state index contributed by atoms with van der Waals surface area (Å²) >= 11 is 0. The van der Waals surface area contributed by atoms with Crippen molar-refractivity contribution in [3.63, 3.8) is 0 Å². The van der Waals surface area contributed by atoms with Gasteiger partial charge in [0, 0.05) is 6.42 Å². The zero-order valence-corrected chi connectivity index (χ0v) is 8.87. The van der Waals surface area contributed by atoms with E-state index in [1.54, 1.807) is 0 Å². The van der Waals surface area contributed by atoms with Crippen LogP contribution in [0.4, 0.5) is 0 Å². The first-order valence-electron chi connectivity index (χ1n) is 4.71. The van der Waals surface area contributed by atoms with Gasteiger partial charge in [-0.2, -0.15) is 0 Å². The maximum atomic E-state index is 11.5. The Morgan fingerprint density at radius 3 is 2.21 bits per heavy atom. The van der Waals surface area contributed by atoms with Crippen molar-refractivity contribution in [2.45, 2.75) is 32.8 Å². The van der Waals surface area contributed by atoms with Gasteiger partial charge >= 0.3 is 0 Å². The number of carbonyl (C=O) groups excluding carboxylic acids is 1. The Hall–Kier alpha value is -1.15. The van der Waals surface area contributed by atoms with Crippen LogP contribution in [0, 0.1) is 6.92 Å². The number of ketones is 1. The van der Waals surface area contributed by atoms with Crippen molar-refractivity contribution in [2.24, 2.45) is 0 Å². The van der Waals surface area contributed by atoms with Gasteiger partial charge in [0.15, 0.2) is 5.78 Å². The molecule has 0 saturated heterocycles. The van der Waals surface area contributed by atoms with Gasteiger partial charge in [-0.1, -0.05) is 29.8 Å². The van der Waals surface area contributed by atoms with E-state index in [1.165, 1.54) is 19.4 Å². The molecule has 0 spiro atoms. The fraction of sp³-hybridized carbons (Fsp3) is 0.417. The largest absolute Gasteiger partial charge is 0.383 e. The van der Waals surface area contributed by atoms with E-state index in [0.29, 0.717) is 6.42 Å². The Morgan fingerprint density at radius 1 is 1.29 bits per heavy atom. The summed E-state index contributed by atoms with van der Waals surface area (Å²) in [5.74, 6) is -0.152. The van der Waals surface area contributed by atoms with E-state index in [-0.39, 0.29) is 5.78 Å². The average Bonchev–Trinajstić information content (AvgIpc) is 2.07. The SMILES string of the molecule is Cc1ccc(CC(=O)C(C)(C)O)cc1. The van der Waals surface area contributed by atoms with Crippen molar-refractivity contribution in [1.29, 1.82) is 0 Å². The maximum absolute atomic E-state index is 11.5. The van der Waals surface area contributed by atoms with Crippen LogP contribution < -0.4 is 0 Å². The molecule has 0 bridgehead atoms. The molecule has 1 aromatic rings. The van der Waals surface area contributed by atoms with Gasteiger partial charge < -0.3 is 5.11 Å². The predicted octanol–water partition coefficient (Wildman–Crippen LogP) is 1.88. The smallest absolute Gasteiger partial charge is 0.168 e. The Bertz CT molecular complexity index is 317. The van der Waals surface area contributed by atoms with Crippen molar-refractivity contribution in [1.82, 2.24) is 0 Å². The fourth-order valence-corrected chi connectivity index (χ4v) is 1.11. The molecule has 0 unspecified atom stereocenters. The minimum atomic E-state index is -1.23. The van der Waals surface area contributed by atoms with Gasteiger partial charge in [0.05, 0.1) is 0 Å². The summed E-state index contributed by atoms with van der Waals surface area (Å²) in [7, 11) is 0. The van der Waals surface area contributed by atoms with Gasteiger partial charge in [-0.15, -0.1) is 0 Å². The summed E-state index contributed by atoms with van der Waals surface area (Å²) in [5, 5.41) is 9.45. The van der Waals surface area contributed by atoms with Crippen molar-refractivity contribution in [3.05, 3.63) is 35.4 Å². The lowest BCUT2D eigenvalue weighted by Crippen LogP contribution is -2.32. The van der Waals surface area contributed by atoms with Crippen LogP contribution in [0.1, 0.15) is 25.0 Å². The quantitative estimate of drug-likeness (QED) is 0.794. The Morgan fingerprint density at radius 2 is 1.79 bits per heavy atom. The standard InChI is InChI=1S/C12H16O2/c1-9-4-6-10(7-5-9)8-11(13)12(2,3)14/h4-7,14H,8H2,1-3H3. The molecule has 0 amide bonds. The lowest BCUT2D eigenvalue weighted by Gasteiger charge is -2.15. The third kappa shape index (κ3) is 2.96. The van der Waals surface area contributed by atoms with Crippen LogP contribution in [0.15, 0.2) is 24.3 Å².